The molecule has 23 heavy (non-hydrogen) atoms. The average Bonchev–Trinajstić information content (AvgIpc) is 2.56. The van der Waals surface area contributed by atoms with Gasteiger partial charge in [0.25, 0.3) is 0 Å². The number of carbonyl (C=O) groups excluding carboxylic acids is 1. The molecule has 2 aromatic rings. The summed E-state index contributed by atoms with van der Waals surface area (Å²) in [5.41, 5.74) is 1.57. The molecule has 1 heterocycles. The summed E-state index contributed by atoms with van der Waals surface area (Å²) in [7, 11) is 0. The lowest BCUT2D eigenvalue weighted by atomic mass is 10.1. The summed E-state index contributed by atoms with van der Waals surface area (Å²) in [6, 6.07) is 12.2. The molecule has 0 saturated heterocycles. The Hall–Kier alpha value is -2.07. The third-order valence-corrected chi connectivity index (χ3v) is 3.80. The van der Waals surface area contributed by atoms with Crippen molar-refractivity contribution in [1.29, 1.82) is 0 Å². The van der Waals surface area contributed by atoms with Crippen molar-refractivity contribution in [3.05, 3.63) is 48.0 Å². The first-order valence-electron chi connectivity index (χ1n) is 6.50. The van der Waals surface area contributed by atoms with Crippen molar-refractivity contribution >= 4 is 36.2 Å². The molecule has 1 amide bonds. The molecule has 0 radical (unpaired) electrons. The van der Waals surface area contributed by atoms with E-state index in [1.807, 2.05) is 6.07 Å². The second-order valence-electron chi connectivity index (χ2n) is 4.58. The van der Waals surface area contributed by atoms with Crippen LogP contribution in [0, 0.1) is 0 Å². The van der Waals surface area contributed by atoms with Gasteiger partial charge in [0, 0.05) is 17.3 Å². The van der Waals surface area contributed by atoms with E-state index in [0.717, 1.165) is 30.0 Å². The van der Waals surface area contributed by atoms with Crippen molar-refractivity contribution in [2.24, 2.45) is 10.3 Å². The van der Waals surface area contributed by atoms with Gasteiger partial charge >= 0.3 is 6.09 Å². The topological polar surface area (TPSA) is 100 Å². The van der Waals surface area contributed by atoms with Crippen LogP contribution >= 0.6 is 24.5 Å². The molecule has 0 aliphatic carbocycles. The summed E-state index contributed by atoms with van der Waals surface area (Å²) in [6.07, 6.45) is -0.461. The van der Waals surface area contributed by atoms with Crippen LogP contribution < -0.4 is 28.3 Å². The molecule has 2 aromatic carbocycles. The number of nitrogens with zero attached hydrogens (tertiary/aromatic N) is 1. The van der Waals surface area contributed by atoms with Gasteiger partial charge in [-0.25, -0.2) is 15.1 Å². The van der Waals surface area contributed by atoms with Crippen molar-refractivity contribution in [3.8, 4) is 17.2 Å². The summed E-state index contributed by atoms with van der Waals surface area (Å²) in [6.45, 7) is 0.399. The Morgan fingerprint density at radius 1 is 1.00 bits per heavy atom. The number of rotatable bonds is 5. The van der Waals surface area contributed by atoms with Crippen LogP contribution in [0.15, 0.2) is 42.5 Å². The maximum atomic E-state index is 12.2. The quantitative estimate of drug-likeness (QED) is 0.626. The SMILES string of the molecule is NSOc1ccc(N2Cc3ccc(OSN)cc3OC2=O)cc1. The molecule has 0 fully saturated rings. The van der Waals surface area contributed by atoms with Crippen LogP contribution in [0.1, 0.15) is 5.56 Å². The first kappa shape index (κ1) is 15.8. The summed E-state index contributed by atoms with van der Waals surface area (Å²) >= 11 is 1.50. The third kappa shape index (κ3) is 3.48. The largest absolute Gasteiger partial charge is 0.420 e. The predicted molar refractivity (Wildman–Crippen MR) is 89.9 cm³/mol. The van der Waals surface area contributed by atoms with E-state index >= 15 is 0 Å². The molecule has 0 saturated carbocycles. The van der Waals surface area contributed by atoms with Gasteiger partial charge in [-0.2, -0.15) is 0 Å². The fourth-order valence-corrected chi connectivity index (χ4v) is 2.62. The first-order chi connectivity index (χ1) is 11.2. The van der Waals surface area contributed by atoms with Gasteiger partial charge in [0.15, 0.2) is 0 Å². The molecular weight excluding hydrogens is 338 g/mol. The lowest BCUT2D eigenvalue weighted by Gasteiger charge is -2.28. The maximum Gasteiger partial charge on any atom is 0.420 e. The highest BCUT2D eigenvalue weighted by molar-refractivity contribution is 7.92. The van der Waals surface area contributed by atoms with E-state index in [1.54, 1.807) is 36.4 Å². The van der Waals surface area contributed by atoms with Crippen molar-refractivity contribution in [3.63, 3.8) is 0 Å². The number of nitrogens with two attached hydrogens (primary N) is 2. The molecule has 9 heteroatoms. The van der Waals surface area contributed by atoms with Gasteiger partial charge in [0.1, 0.15) is 41.7 Å². The van der Waals surface area contributed by atoms with Gasteiger partial charge in [0.05, 0.1) is 6.54 Å². The molecule has 0 atom stereocenters. The Morgan fingerprint density at radius 3 is 2.35 bits per heavy atom. The average molecular weight is 351 g/mol. The molecule has 0 bridgehead atoms. The minimum atomic E-state index is -0.461. The zero-order chi connectivity index (χ0) is 16.2. The normalized spacial score (nSPS) is 13.3. The number of carbonyl (C=O) groups is 1. The standard InChI is InChI=1S/C14H13N3O4S2/c15-22-20-11-5-2-10(3-6-11)17-8-9-1-4-12(21-23-16)7-13(9)19-14(17)18/h1-7H,8,15-16H2. The summed E-state index contributed by atoms with van der Waals surface area (Å²) in [5.74, 6) is 1.60. The Bertz CT molecular complexity index is 712. The number of hydrogen-bond acceptors (Lipinski definition) is 8. The van der Waals surface area contributed by atoms with Crippen LogP contribution in [0.4, 0.5) is 10.5 Å². The number of hydrogen-bond donors (Lipinski definition) is 2. The molecule has 3 rings (SSSR count). The second kappa shape index (κ2) is 7.01. The van der Waals surface area contributed by atoms with Crippen LogP contribution in [0.5, 0.6) is 17.2 Å². The van der Waals surface area contributed by atoms with Crippen molar-refractivity contribution < 1.29 is 17.9 Å². The number of fused-ring (bicyclic) bond motifs is 1. The van der Waals surface area contributed by atoms with Gasteiger partial charge < -0.3 is 13.1 Å². The van der Waals surface area contributed by atoms with E-state index in [-0.39, 0.29) is 0 Å². The number of amides is 1. The minimum absolute atomic E-state index is 0.399. The highest BCUT2D eigenvalue weighted by atomic mass is 32.2. The lowest BCUT2D eigenvalue weighted by molar-refractivity contribution is 0.203. The molecule has 1 aliphatic rings. The van der Waals surface area contributed by atoms with Crippen LogP contribution in [-0.2, 0) is 6.54 Å². The zero-order valence-electron chi connectivity index (χ0n) is 11.8. The van der Waals surface area contributed by atoms with Gasteiger partial charge in [0.2, 0.25) is 0 Å². The van der Waals surface area contributed by atoms with E-state index in [4.69, 9.17) is 23.4 Å². The smallest absolute Gasteiger partial charge is 0.410 e. The van der Waals surface area contributed by atoms with Crippen molar-refractivity contribution in [1.82, 2.24) is 0 Å². The monoisotopic (exact) mass is 351 g/mol. The van der Waals surface area contributed by atoms with Gasteiger partial charge in [-0.1, -0.05) is 0 Å². The summed E-state index contributed by atoms with van der Waals surface area (Å²) in [5, 5.41) is 10.5. The Kier molecular flexibility index (Phi) is 4.82. The van der Waals surface area contributed by atoms with E-state index in [2.05, 4.69) is 0 Å². The molecule has 0 spiro atoms. The summed E-state index contributed by atoms with van der Waals surface area (Å²) < 4.78 is 15.6. The fourth-order valence-electron chi connectivity index (χ4n) is 2.19. The van der Waals surface area contributed by atoms with Crippen molar-refractivity contribution in [2.45, 2.75) is 6.54 Å². The lowest BCUT2D eigenvalue weighted by Crippen LogP contribution is -2.36. The van der Waals surface area contributed by atoms with Crippen LogP contribution in [0.2, 0.25) is 0 Å². The number of anilines is 1. The Morgan fingerprint density at radius 2 is 1.65 bits per heavy atom. The number of benzene rings is 2. The second-order valence-corrected chi connectivity index (χ2v) is 5.29. The molecule has 0 unspecified atom stereocenters. The first-order valence-corrected chi connectivity index (χ1v) is 8.11. The fraction of sp³-hybridized carbons (Fsp3) is 0.0714. The van der Waals surface area contributed by atoms with Gasteiger partial charge in [-0.05, 0) is 36.4 Å². The molecule has 0 aromatic heterocycles. The minimum Gasteiger partial charge on any atom is -0.410 e. The highest BCUT2D eigenvalue weighted by Gasteiger charge is 2.26. The zero-order valence-corrected chi connectivity index (χ0v) is 13.4. The van der Waals surface area contributed by atoms with Gasteiger partial charge in [-0.3, -0.25) is 4.90 Å². The third-order valence-electron chi connectivity index (χ3n) is 3.22. The van der Waals surface area contributed by atoms with E-state index in [1.165, 1.54) is 4.90 Å². The Labute approximate surface area is 141 Å². The predicted octanol–water partition coefficient (Wildman–Crippen LogP) is 3.01. The van der Waals surface area contributed by atoms with Crippen LogP contribution in [0.3, 0.4) is 0 Å². The van der Waals surface area contributed by atoms with Gasteiger partial charge in [-0.15, -0.1) is 0 Å². The van der Waals surface area contributed by atoms with E-state index in [0.29, 0.717) is 29.5 Å². The molecular formula is C14H13N3O4S2. The summed E-state index contributed by atoms with van der Waals surface area (Å²) in [4.78, 5) is 13.7. The van der Waals surface area contributed by atoms with E-state index in [9.17, 15) is 4.79 Å². The van der Waals surface area contributed by atoms with E-state index < -0.39 is 6.09 Å². The number of ether oxygens (including phenoxy) is 1. The van der Waals surface area contributed by atoms with Crippen LogP contribution in [0.25, 0.3) is 0 Å². The molecule has 4 N–H and O–H groups in total. The highest BCUT2D eigenvalue weighted by Crippen LogP contribution is 2.33. The molecule has 120 valence electrons. The molecule has 1 aliphatic heterocycles. The van der Waals surface area contributed by atoms with Crippen LogP contribution in [-0.4, -0.2) is 6.09 Å². The molecule has 7 nitrogen and oxygen atoms in total. The Balaban J connectivity index is 1.81. The van der Waals surface area contributed by atoms with Crippen molar-refractivity contribution in [2.75, 3.05) is 4.90 Å². The maximum absolute atomic E-state index is 12.2.